The van der Waals surface area contributed by atoms with E-state index in [4.69, 9.17) is 5.73 Å². The number of carboxylic acids is 1. The van der Waals surface area contributed by atoms with Crippen LogP contribution in [0.5, 0.6) is 0 Å². The molecule has 1 aliphatic carbocycles. The van der Waals surface area contributed by atoms with E-state index in [-0.39, 0.29) is 12.5 Å². The summed E-state index contributed by atoms with van der Waals surface area (Å²) in [7, 11) is 0. The van der Waals surface area contributed by atoms with Gasteiger partial charge in [-0.2, -0.15) is 0 Å². The Morgan fingerprint density at radius 3 is 2.38 bits per heavy atom. The van der Waals surface area contributed by atoms with Crippen molar-refractivity contribution >= 4 is 11.9 Å². The first-order valence-electron chi connectivity index (χ1n) is 7.37. The van der Waals surface area contributed by atoms with Crippen LogP contribution in [0.15, 0.2) is 30.3 Å². The highest BCUT2D eigenvalue weighted by Crippen LogP contribution is 2.36. The average molecular weight is 290 g/mol. The Bertz CT molecular complexity index is 496. The van der Waals surface area contributed by atoms with Crippen LogP contribution in [0.1, 0.15) is 43.7 Å². The third kappa shape index (κ3) is 3.61. The molecule has 0 saturated heterocycles. The third-order valence-electron chi connectivity index (χ3n) is 4.31. The van der Waals surface area contributed by atoms with Gasteiger partial charge in [0.05, 0.1) is 5.41 Å². The fraction of sp³-hybridized carbons (Fsp3) is 0.500. The van der Waals surface area contributed by atoms with Gasteiger partial charge in [-0.05, 0) is 18.4 Å². The molecule has 0 aliphatic heterocycles. The fourth-order valence-corrected chi connectivity index (χ4v) is 2.87. The van der Waals surface area contributed by atoms with Crippen LogP contribution in [-0.2, 0) is 9.59 Å². The van der Waals surface area contributed by atoms with Crippen molar-refractivity contribution in [3.8, 4) is 0 Å². The Labute approximate surface area is 124 Å². The van der Waals surface area contributed by atoms with Crippen LogP contribution in [0.3, 0.4) is 0 Å². The highest BCUT2D eigenvalue weighted by molar-refractivity contribution is 5.84. The van der Waals surface area contributed by atoms with Crippen molar-refractivity contribution in [1.82, 2.24) is 5.32 Å². The third-order valence-corrected chi connectivity index (χ3v) is 4.31. The Hall–Kier alpha value is -1.88. The van der Waals surface area contributed by atoms with Gasteiger partial charge >= 0.3 is 5.97 Å². The molecule has 0 radical (unpaired) electrons. The first-order chi connectivity index (χ1) is 10.1. The number of amides is 1. The van der Waals surface area contributed by atoms with E-state index in [1.54, 1.807) is 12.1 Å². The lowest BCUT2D eigenvalue weighted by Gasteiger charge is -2.33. The zero-order chi connectivity index (χ0) is 15.3. The van der Waals surface area contributed by atoms with Gasteiger partial charge in [0.25, 0.3) is 0 Å². The molecule has 114 valence electrons. The topological polar surface area (TPSA) is 92.4 Å². The first kappa shape index (κ1) is 15.5. The lowest BCUT2D eigenvalue weighted by atomic mass is 9.74. The van der Waals surface area contributed by atoms with Gasteiger partial charge in [-0.15, -0.1) is 0 Å². The minimum absolute atomic E-state index is 0.154. The van der Waals surface area contributed by atoms with Crippen LogP contribution in [0.25, 0.3) is 0 Å². The number of aliphatic carboxylic acids is 1. The number of hydrogen-bond acceptors (Lipinski definition) is 3. The smallest absolute Gasteiger partial charge is 0.311 e. The molecule has 0 aromatic heterocycles. The summed E-state index contributed by atoms with van der Waals surface area (Å²) in [6.07, 6.45) is 4.08. The number of nitrogens with two attached hydrogens (primary N) is 1. The zero-order valence-corrected chi connectivity index (χ0v) is 12.0. The maximum absolute atomic E-state index is 12.1. The molecule has 1 unspecified atom stereocenters. The van der Waals surface area contributed by atoms with Crippen molar-refractivity contribution in [2.75, 3.05) is 6.54 Å². The first-order valence-corrected chi connectivity index (χ1v) is 7.37. The molecule has 4 N–H and O–H groups in total. The molecule has 5 nitrogen and oxygen atoms in total. The van der Waals surface area contributed by atoms with Crippen molar-refractivity contribution in [2.45, 2.75) is 38.1 Å². The molecule has 2 rings (SSSR count). The van der Waals surface area contributed by atoms with E-state index in [0.717, 1.165) is 24.8 Å². The minimum Gasteiger partial charge on any atom is -0.481 e. The number of carboxylic acid groups (broad SMARTS) is 1. The summed E-state index contributed by atoms with van der Waals surface area (Å²) < 4.78 is 0. The summed E-state index contributed by atoms with van der Waals surface area (Å²) in [6.45, 7) is 0.154. The molecule has 1 aliphatic rings. The Morgan fingerprint density at radius 2 is 1.81 bits per heavy atom. The quantitative estimate of drug-likeness (QED) is 0.771. The largest absolute Gasteiger partial charge is 0.481 e. The van der Waals surface area contributed by atoms with Crippen LogP contribution in [0.4, 0.5) is 0 Å². The average Bonchev–Trinajstić information content (AvgIpc) is 2.53. The molecule has 1 aromatic rings. The van der Waals surface area contributed by atoms with Crippen molar-refractivity contribution in [3.63, 3.8) is 0 Å². The molecule has 1 fully saturated rings. The van der Waals surface area contributed by atoms with Crippen LogP contribution in [0.2, 0.25) is 0 Å². The van der Waals surface area contributed by atoms with Crippen molar-refractivity contribution in [1.29, 1.82) is 0 Å². The summed E-state index contributed by atoms with van der Waals surface area (Å²) in [5, 5.41) is 12.2. The van der Waals surface area contributed by atoms with E-state index >= 15 is 0 Å². The van der Waals surface area contributed by atoms with E-state index < -0.39 is 17.4 Å². The van der Waals surface area contributed by atoms with Gasteiger partial charge in [-0.3, -0.25) is 9.59 Å². The van der Waals surface area contributed by atoms with Gasteiger partial charge in [-0.1, -0.05) is 49.6 Å². The fourth-order valence-electron chi connectivity index (χ4n) is 2.87. The summed E-state index contributed by atoms with van der Waals surface area (Å²) in [5.41, 5.74) is 5.81. The van der Waals surface area contributed by atoms with Gasteiger partial charge < -0.3 is 16.2 Å². The number of carbonyl (C=O) groups excluding carboxylic acids is 1. The molecule has 21 heavy (non-hydrogen) atoms. The monoisotopic (exact) mass is 290 g/mol. The van der Waals surface area contributed by atoms with Crippen LogP contribution in [0, 0.1) is 5.41 Å². The predicted molar refractivity (Wildman–Crippen MR) is 79.5 cm³/mol. The standard InChI is InChI=1S/C16H22N2O3/c17-13(12-7-3-1-4-8-12)14(19)18-11-16(15(20)21)9-5-2-6-10-16/h1,3-4,7-8,13H,2,5-6,9-11,17H2,(H,18,19)(H,20,21). The molecule has 0 heterocycles. The number of carbonyl (C=O) groups is 2. The molecule has 1 aromatic carbocycles. The molecule has 0 spiro atoms. The van der Waals surface area contributed by atoms with E-state index in [1.165, 1.54) is 0 Å². The maximum atomic E-state index is 12.1. The van der Waals surface area contributed by atoms with Gasteiger partial charge in [0, 0.05) is 6.54 Å². The molecule has 1 atom stereocenters. The van der Waals surface area contributed by atoms with E-state index in [1.807, 2.05) is 18.2 Å². The predicted octanol–water partition coefficient (Wildman–Crippen LogP) is 1.84. The van der Waals surface area contributed by atoms with E-state index in [9.17, 15) is 14.7 Å². The van der Waals surface area contributed by atoms with Gasteiger partial charge in [0.2, 0.25) is 5.91 Å². The van der Waals surface area contributed by atoms with Crippen LogP contribution < -0.4 is 11.1 Å². The van der Waals surface area contributed by atoms with Crippen LogP contribution in [-0.4, -0.2) is 23.5 Å². The Balaban J connectivity index is 1.97. The lowest BCUT2D eigenvalue weighted by molar-refractivity contribution is -0.151. The highest BCUT2D eigenvalue weighted by atomic mass is 16.4. The molecule has 1 saturated carbocycles. The van der Waals surface area contributed by atoms with Gasteiger partial charge in [0.15, 0.2) is 0 Å². The second-order valence-corrected chi connectivity index (χ2v) is 5.75. The maximum Gasteiger partial charge on any atom is 0.311 e. The normalized spacial score (nSPS) is 18.7. The van der Waals surface area contributed by atoms with Crippen molar-refractivity contribution in [2.24, 2.45) is 11.1 Å². The number of hydrogen-bond donors (Lipinski definition) is 3. The SMILES string of the molecule is NC(C(=O)NCC1(C(=O)O)CCCCC1)c1ccccc1. The lowest BCUT2D eigenvalue weighted by Crippen LogP contribution is -2.46. The molecular weight excluding hydrogens is 268 g/mol. The van der Waals surface area contributed by atoms with E-state index in [2.05, 4.69) is 5.32 Å². The summed E-state index contributed by atoms with van der Waals surface area (Å²) in [5.74, 6) is -1.15. The molecule has 1 amide bonds. The number of rotatable bonds is 5. The molecular formula is C16H22N2O3. The Kier molecular flexibility index (Phi) is 4.96. The minimum atomic E-state index is -0.829. The van der Waals surface area contributed by atoms with Crippen molar-refractivity contribution < 1.29 is 14.7 Å². The number of nitrogens with one attached hydrogen (secondary N) is 1. The second-order valence-electron chi connectivity index (χ2n) is 5.75. The molecule has 5 heteroatoms. The Morgan fingerprint density at radius 1 is 1.19 bits per heavy atom. The van der Waals surface area contributed by atoms with Gasteiger partial charge in [0.1, 0.15) is 6.04 Å². The summed E-state index contributed by atoms with van der Waals surface area (Å²) in [4.78, 5) is 23.7. The summed E-state index contributed by atoms with van der Waals surface area (Å²) >= 11 is 0. The van der Waals surface area contributed by atoms with Gasteiger partial charge in [-0.25, -0.2) is 0 Å². The summed E-state index contributed by atoms with van der Waals surface area (Å²) in [6, 6.07) is 8.32. The van der Waals surface area contributed by atoms with Crippen LogP contribution >= 0.6 is 0 Å². The highest BCUT2D eigenvalue weighted by Gasteiger charge is 2.40. The van der Waals surface area contributed by atoms with Crippen molar-refractivity contribution in [3.05, 3.63) is 35.9 Å². The second kappa shape index (κ2) is 6.72. The molecule has 0 bridgehead atoms. The van der Waals surface area contributed by atoms with E-state index in [0.29, 0.717) is 12.8 Å². The zero-order valence-electron chi connectivity index (χ0n) is 12.0. The number of benzene rings is 1.